The van der Waals surface area contributed by atoms with Crippen LogP contribution in [0.25, 0.3) is 11.1 Å². The molecule has 6 heteroatoms. The Kier molecular flexibility index (Phi) is 8.16. The minimum absolute atomic E-state index is 0.0614. The summed E-state index contributed by atoms with van der Waals surface area (Å²) < 4.78 is 32.8. The normalized spacial score (nSPS) is 13.0. The van der Waals surface area contributed by atoms with Crippen LogP contribution in [0.3, 0.4) is 0 Å². The first-order chi connectivity index (χ1) is 12.2. The first-order valence-corrected chi connectivity index (χ1v) is 8.79. The van der Waals surface area contributed by atoms with Crippen molar-refractivity contribution in [3.05, 3.63) is 54.6 Å². The summed E-state index contributed by atoms with van der Waals surface area (Å²) in [4.78, 5) is 0. The second-order valence-corrected chi connectivity index (χ2v) is 5.70. The fourth-order valence-electron chi connectivity index (χ4n) is 2.10. The maximum absolute atomic E-state index is 11.5. The number of benzene rings is 2. The molecule has 0 saturated heterocycles. The van der Waals surface area contributed by atoms with Gasteiger partial charge in [0.05, 0.1) is 0 Å². The predicted molar refractivity (Wildman–Crippen MR) is 96.8 cm³/mol. The maximum atomic E-state index is 11.5. The highest BCUT2D eigenvalue weighted by Gasteiger charge is 2.16. The molecular formula is C19H20O5S. The van der Waals surface area contributed by atoms with Gasteiger partial charge in [-0.2, -0.15) is 4.21 Å². The number of hydrogen-bond acceptors (Lipinski definition) is 5. The van der Waals surface area contributed by atoms with E-state index in [1.54, 1.807) is 0 Å². The molecule has 2 aromatic rings. The van der Waals surface area contributed by atoms with Crippen LogP contribution in [0.2, 0.25) is 0 Å². The van der Waals surface area contributed by atoms with Crippen LogP contribution in [-0.2, 0) is 24.5 Å². The van der Waals surface area contributed by atoms with Gasteiger partial charge in [0, 0.05) is 12.2 Å². The lowest BCUT2D eigenvalue weighted by Gasteiger charge is -2.20. The molecule has 0 aliphatic heterocycles. The van der Waals surface area contributed by atoms with Gasteiger partial charge in [-0.25, -0.2) is 0 Å². The van der Waals surface area contributed by atoms with Crippen molar-refractivity contribution in [3.8, 4) is 29.2 Å². The number of ether oxygens (including phenoxy) is 2. The van der Waals surface area contributed by atoms with Crippen LogP contribution in [0.1, 0.15) is 6.92 Å². The molecular weight excluding hydrogens is 340 g/mol. The van der Waals surface area contributed by atoms with Crippen LogP contribution in [0.5, 0.6) is 5.75 Å². The van der Waals surface area contributed by atoms with Gasteiger partial charge < -0.3 is 9.47 Å². The molecule has 0 aromatic heterocycles. The van der Waals surface area contributed by atoms with Crippen molar-refractivity contribution >= 4 is 11.4 Å². The molecule has 0 amide bonds. The summed E-state index contributed by atoms with van der Waals surface area (Å²) in [5.74, 6) is 2.86. The molecule has 2 unspecified atom stereocenters. The SMILES string of the molecule is C#CCOS(=O)OCC(OCC)Oc1ccccc1-c1ccccc1. The largest absolute Gasteiger partial charge is 0.462 e. The zero-order valence-corrected chi connectivity index (χ0v) is 14.7. The smallest absolute Gasteiger partial charge is 0.305 e. The van der Waals surface area contributed by atoms with Crippen molar-refractivity contribution in [1.29, 1.82) is 0 Å². The Morgan fingerprint density at radius 2 is 1.80 bits per heavy atom. The fraction of sp³-hybridized carbons (Fsp3) is 0.263. The van der Waals surface area contributed by atoms with Crippen LogP contribution in [0, 0.1) is 12.3 Å². The molecule has 0 heterocycles. The Balaban J connectivity index is 2.07. The van der Waals surface area contributed by atoms with Crippen LogP contribution in [0.15, 0.2) is 54.6 Å². The lowest BCUT2D eigenvalue weighted by Crippen LogP contribution is -2.27. The summed E-state index contributed by atoms with van der Waals surface area (Å²) in [5, 5.41) is 0. The molecule has 132 valence electrons. The predicted octanol–water partition coefficient (Wildman–Crippen LogP) is 3.34. The zero-order chi connectivity index (χ0) is 17.9. The average Bonchev–Trinajstić information content (AvgIpc) is 2.65. The van der Waals surface area contributed by atoms with Crippen molar-refractivity contribution in [2.75, 3.05) is 19.8 Å². The van der Waals surface area contributed by atoms with Crippen LogP contribution in [0.4, 0.5) is 0 Å². The highest BCUT2D eigenvalue weighted by atomic mass is 32.2. The Morgan fingerprint density at radius 3 is 2.52 bits per heavy atom. The molecule has 0 bridgehead atoms. The monoisotopic (exact) mass is 360 g/mol. The lowest BCUT2D eigenvalue weighted by atomic mass is 10.1. The second-order valence-electron chi connectivity index (χ2n) is 4.82. The minimum Gasteiger partial charge on any atom is -0.462 e. The highest BCUT2D eigenvalue weighted by Crippen LogP contribution is 2.30. The summed E-state index contributed by atoms with van der Waals surface area (Å²) in [6, 6.07) is 17.5. The Hall–Kier alpha value is -2.17. The van der Waals surface area contributed by atoms with Gasteiger partial charge in [-0.15, -0.1) is 6.42 Å². The molecule has 0 saturated carbocycles. The summed E-state index contributed by atoms with van der Waals surface area (Å²) in [7, 11) is 0. The summed E-state index contributed by atoms with van der Waals surface area (Å²) >= 11 is -1.95. The van der Waals surface area contributed by atoms with E-state index in [0.29, 0.717) is 12.4 Å². The van der Waals surface area contributed by atoms with E-state index < -0.39 is 17.7 Å². The molecule has 2 atom stereocenters. The molecule has 0 aliphatic carbocycles. The quantitative estimate of drug-likeness (QED) is 0.480. The van der Waals surface area contributed by atoms with Gasteiger partial charge in [-0.05, 0) is 18.6 Å². The van der Waals surface area contributed by atoms with Gasteiger partial charge >= 0.3 is 11.4 Å². The first kappa shape index (κ1) is 19.2. The molecule has 2 rings (SSSR count). The van der Waals surface area contributed by atoms with E-state index in [1.165, 1.54) is 0 Å². The Bertz CT molecular complexity index is 711. The third kappa shape index (κ3) is 6.33. The van der Waals surface area contributed by atoms with E-state index in [2.05, 4.69) is 5.92 Å². The molecule has 0 radical (unpaired) electrons. The van der Waals surface area contributed by atoms with Gasteiger partial charge in [-0.3, -0.25) is 8.37 Å². The average molecular weight is 360 g/mol. The maximum Gasteiger partial charge on any atom is 0.305 e. The van der Waals surface area contributed by atoms with Crippen molar-refractivity contribution in [1.82, 2.24) is 0 Å². The first-order valence-electron chi connectivity index (χ1n) is 7.79. The van der Waals surface area contributed by atoms with Crippen LogP contribution in [-0.4, -0.2) is 30.3 Å². The fourth-order valence-corrected chi connectivity index (χ4v) is 2.55. The Morgan fingerprint density at radius 1 is 1.08 bits per heavy atom. The van der Waals surface area contributed by atoms with E-state index in [4.69, 9.17) is 24.3 Å². The van der Waals surface area contributed by atoms with Crippen LogP contribution < -0.4 is 4.74 Å². The molecule has 5 nitrogen and oxygen atoms in total. The summed E-state index contributed by atoms with van der Waals surface area (Å²) in [6.07, 6.45) is 4.31. The second kappa shape index (κ2) is 10.6. The standard InChI is InChI=1S/C19H20O5S/c1-3-14-22-25(20)23-15-19(21-4-2)24-18-13-9-8-12-17(18)16-10-6-5-7-11-16/h1,5-13,19H,4,14-15H2,2H3. The summed E-state index contributed by atoms with van der Waals surface area (Å²) in [6.45, 7) is 2.10. The van der Waals surface area contributed by atoms with E-state index in [1.807, 2.05) is 61.5 Å². The van der Waals surface area contributed by atoms with Gasteiger partial charge in [-0.1, -0.05) is 54.5 Å². The number of para-hydroxylation sites is 1. The van der Waals surface area contributed by atoms with E-state index in [9.17, 15) is 4.21 Å². The zero-order valence-electron chi connectivity index (χ0n) is 13.9. The minimum atomic E-state index is -1.95. The van der Waals surface area contributed by atoms with Crippen molar-refractivity contribution < 1.29 is 22.0 Å². The van der Waals surface area contributed by atoms with Gasteiger partial charge in [0.2, 0.25) is 6.29 Å². The van der Waals surface area contributed by atoms with Crippen LogP contribution >= 0.6 is 0 Å². The van der Waals surface area contributed by atoms with Crippen molar-refractivity contribution in [3.63, 3.8) is 0 Å². The topological polar surface area (TPSA) is 54.0 Å². The third-order valence-corrected chi connectivity index (χ3v) is 3.76. The molecule has 0 aliphatic rings. The van der Waals surface area contributed by atoms with Crippen molar-refractivity contribution in [2.45, 2.75) is 13.2 Å². The Labute approximate surface area is 150 Å². The number of hydrogen-bond donors (Lipinski definition) is 0. The summed E-state index contributed by atoms with van der Waals surface area (Å²) in [5.41, 5.74) is 1.95. The van der Waals surface area contributed by atoms with E-state index >= 15 is 0 Å². The molecule has 0 N–H and O–H groups in total. The van der Waals surface area contributed by atoms with Crippen molar-refractivity contribution in [2.24, 2.45) is 0 Å². The number of terminal acetylenes is 1. The van der Waals surface area contributed by atoms with E-state index in [0.717, 1.165) is 11.1 Å². The molecule has 2 aromatic carbocycles. The highest BCUT2D eigenvalue weighted by molar-refractivity contribution is 7.75. The molecule has 25 heavy (non-hydrogen) atoms. The van der Waals surface area contributed by atoms with Gasteiger partial charge in [0.15, 0.2) is 0 Å². The number of rotatable bonds is 10. The lowest BCUT2D eigenvalue weighted by molar-refractivity contribution is -0.0964. The van der Waals surface area contributed by atoms with E-state index in [-0.39, 0.29) is 13.2 Å². The van der Waals surface area contributed by atoms with Gasteiger partial charge in [0.25, 0.3) is 0 Å². The molecule has 0 fully saturated rings. The van der Waals surface area contributed by atoms with Gasteiger partial charge in [0.1, 0.15) is 19.0 Å². The molecule has 0 spiro atoms. The third-order valence-electron chi connectivity index (χ3n) is 3.12.